The van der Waals surface area contributed by atoms with E-state index in [-0.39, 0.29) is 18.4 Å². The van der Waals surface area contributed by atoms with Crippen molar-refractivity contribution in [2.75, 3.05) is 6.61 Å². The Labute approximate surface area is 95.3 Å². The number of carbonyl (C=O) groups is 1. The predicted molar refractivity (Wildman–Crippen MR) is 61.7 cm³/mol. The van der Waals surface area contributed by atoms with E-state index < -0.39 is 0 Å². The molecule has 0 saturated carbocycles. The van der Waals surface area contributed by atoms with Crippen molar-refractivity contribution in [1.29, 1.82) is 0 Å². The number of nitrogens with zero attached hydrogens (tertiary/aromatic N) is 2. The Morgan fingerprint density at radius 3 is 2.69 bits per heavy atom. The summed E-state index contributed by atoms with van der Waals surface area (Å²) in [4.78, 5) is 11.1. The summed E-state index contributed by atoms with van der Waals surface area (Å²) in [5.74, 6) is -0.234. The molecule has 0 N–H and O–H groups in total. The number of carbonyl (C=O) groups excluding carboxylic acids is 1. The van der Waals surface area contributed by atoms with Crippen LogP contribution in [0.1, 0.15) is 20.3 Å². The molecule has 0 spiro atoms. The molecule has 0 amide bonds. The highest BCUT2D eigenvalue weighted by Gasteiger charge is 2.08. The Balaban J connectivity index is 2.42. The molecule has 0 bridgehead atoms. The van der Waals surface area contributed by atoms with E-state index in [1.165, 1.54) is 0 Å². The minimum atomic E-state index is -0.234. The molecule has 0 fully saturated rings. The Bertz CT molecular complexity index is 349. The highest BCUT2D eigenvalue weighted by molar-refractivity contribution is 5.70. The maximum atomic E-state index is 11.1. The van der Waals surface area contributed by atoms with Gasteiger partial charge in [-0.05, 0) is 26.0 Å². The fourth-order valence-electron chi connectivity index (χ4n) is 1.16. The molecular weight excluding hydrogens is 204 g/mol. The fourth-order valence-corrected chi connectivity index (χ4v) is 1.16. The van der Waals surface area contributed by atoms with E-state index >= 15 is 0 Å². The van der Waals surface area contributed by atoms with Crippen LogP contribution in [0.4, 0.5) is 5.69 Å². The second-order valence-electron chi connectivity index (χ2n) is 3.41. The highest BCUT2D eigenvalue weighted by atomic mass is 16.5. The van der Waals surface area contributed by atoms with Gasteiger partial charge in [0, 0.05) is 0 Å². The summed E-state index contributed by atoms with van der Waals surface area (Å²) in [6.45, 7) is 4.03. The SMILES string of the molecule is CCOC(=O)CC(C)N=Nc1ccccc1. The molecule has 1 atom stereocenters. The van der Waals surface area contributed by atoms with Crippen LogP contribution >= 0.6 is 0 Å². The molecule has 0 aromatic heterocycles. The molecule has 0 saturated heterocycles. The van der Waals surface area contributed by atoms with Crippen LogP contribution in [-0.2, 0) is 9.53 Å². The minimum Gasteiger partial charge on any atom is -0.466 e. The van der Waals surface area contributed by atoms with Crippen molar-refractivity contribution in [2.24, 2.45) is 10.2 Å². The first kappa shape index (κ1) is 12.4. The van der Waals surface area contributed by atoms with Gasteiger partial charge in [0.05, 0.1) is 24.8 Å². The monoisotopic (exact) mass is 220 g/mol. The van der Waals surface area contributed by atoms with Crippen LogP contribution in [-0.4, -0.2) is 18.6 Å². The van der Waals surface area contributed by atoms with Crippen LogP contribution < -0.4 is 0 Å². The van der Waals surface area contributed by atoms with Crippen molar-refractivity contribution in [3.8, 4) is 0 Å². The van der Waals surface area contributed by atoms with Crippen molar-refractivity contribution in [2.45, 2.75) is 26.3 Å². The van der Waals surface area contributed by atoms with Crippen molar-refractivity contribution >= 4 is 11.7 Å². The van der Waals surface area contributed by atoms with Crippen molar-refractivity contribution in [1.82, 2.24) is 0 Å². The third kappa shape index (κ3) is 4.68. The first-order chi connectivity index (χ1) is 7.72. The van der Waals surface area contributed by atoms with Crippen LogP contribution in [0.15, 0.2) is 40.6 Å². The maximum absolute atomic E-state index is 11.1. The Hall–Kier alpha value is -1.71. The molecule has 4 nitrogen and oxygen atoms in total. The van der Waals surface area contributed by atoms with Gasteiger partial charge in [-0.3, -0.25) is 4.79 Å². The number of rotatable bonds is 5. The van der Waals surface area contributed by atoms with E-state index in [4.69, 9.17) is 4.74 Å². The molecule has 4 heteroatoms. The molecule has 0 aliphatic heterocycles. The molecule has 0 radical (unpaired) electrons. The fraction of sp³-hybridized carbons (Fsp3) is 0.417. The molecule has 1 unspecified atom stereocenters. The van der Waals surface area contributed by atoms with Crippen LogP contribution in [0.2, 0.25) is 0 Å². The number of azo groups is 1. The van der Waals surface area contributed by atoms with E-state index in [0.29, 0.717) is 6.61 Å². The summed E-state index contributed by atoms with van der Waals surface area (Å²) in [6, 6.07) is 9.27. The Morgan fingerprint density at radius 2 is 2.06 bits per heavy atom. The summed E-state index contributed by atoms with van der Waals surface area (Å²) in [7, 11) is 0. The van der Waals surface area contributed by atoms with Crippen LogP contribution in [0, 0.1) is 0 Å². The first-order valence-electron chi connectivity index (χ1n) is 5.34. The van der Waals surface area contributed by atoms with Gasteiger partial charge in [0.1, 0.15) is 0 Å². The van der Waals surface area contributed by atoms with Crippen molar-refractivity contribution in [3.63, 3.8) is 0 Å². The molecule has 0 aliphatic carbocycles. The van der Waals surface area contributed by atoms with Gasteiger partial charge in [-0.2, -0.15) is 10.2 Å². The molecule has 0 aliphatic rings. The predicted octanol–water partition coefficient (Wildman–Crippen LogP) is 3.11. The van der Waals surface area contributed by atoms with E-state index in [2.05, 4.69) is 10.2 Å². The van der Waals surface area contributed by atoms with E-state index in [1.807, 2.05) is 37.3 Å². The van der Waals surface area contributed by atoms with E-state index in [0.717, 1.165) is 5.69 Å². The lowest BCUT2D eigenvalue weighted by molar-refractivity contribution is -0.143. The summed E-state index contributed by atoms with van der Waals surface area (Å²) >= 11 is 0. The molecule has 86 valence electrons. The smallest absolute Gasteiger partial charge is 0.308 e. The van der Waals surface area contributed by atoms with Gasteiger partial charge in [-0.25, -0.2) is 0 Å². The summed E-state index contributed by atoms with van der Waals surface area (Å²) in [6.07, 6.45) is 0.268. The summed E-state index contributed by atoms with van der Waals surface area (Å²) < 4.78 is 4.82. The molecule has 16 heavy (non-hydrogen) atoms. The average molecular weight is 220 g/mol. The zero-order valence-corrected chi connectivity index (χ0v) is 9.59. The zero-order chi connectivity index (χ0) is 11.8. The quantitative estimate of drug-likeness (QED) is 0.565. The Kier molecular flexibility index (Phi) is 5.19. The van der Waals surface area contributed by atoms with Gasteiger partial charge in [0.25, 0.3) is 0 Å². The number of hydrogen-bond donors (Lipinski definition) is 0. The number of hydrogen-bond acceptors (Lipinski definition) is 4. The van der Waals surface area contributed by atoms with Crippen LogP contribution in [0.3, 0.4) is 0 Å². The summed E-state index contributed by atoms with van der Waals surface area (Å²) in [5, 5.41) is 8.08. The number of ether oxygens (including phenoxy) is 1. The number of benzene rings is 1. The van der Waals surface area contributed by atoms with Gasteiger partial charge < -0.3 is 4.74 Å². The van der Waals surface area contributed by atoms with Gasteiger partial charge in [0.15, 0.2) is 0 Å². The second-order valence-corrected chi connectivity index (χ2v) is 3.41. The lowest BCUT2D eigenvalue weighted by Crippen LogP contribution is -2.10. The molecular formula is C12H16N2O2. The normalized spacial score (nSPS) is 12.6. The summed E-state index contributed by atoms with van der Waals surface area (Å²) in [5.41, 5.74) is 0.790. The highest BCUT2D eigenvalue weighted by Crippen LogP contribution is 2.12. The topological polar surface area (TPSA) is 51.0 Å². The minimum absolute atomic E-state index is 0.153. The molecule has 1 aromatic carbocycles. The van der Waals surface area contributed by atoms with Gasteiger partial charge >= 0.3 is 5.97 Å². The third-order valence-corrected chi connectivity index (χ3v) is 1.89. The third-order valence-electron chi connectivity index (χ3n) is 1.89. The van der Waals surface area contributed by atoms with E-state index in [9.17, 15) is 4.79 Å². The lowest BCUT2D eigenvalue weighted by atomic mass is 10.2. The van der Waals surface area contributed by atoms with Crippen LogP contribution in [0.5, 0.6) is 0 Å². The average Bonchev–Trinajstić information content (AvgIpc) is 2.28. The Morgan fingerprint density at radius 1 is 1.38 bits per heavy atom. The maximum Gasteiger partial charge on any atom is 0.308 e. The van der Waals surface area contributed by atoms with Crippen molar-refractivity contribution in [3.05, 3.63) is 30.3 Å². The van der Waals surface area contributed by atoms with Gasteiger partial charge in [0.2, 0.25) is 0 Å². The number of esters is 1. The van der Waals surface area contributed by atoms with Crippen molar-refractivity contribution < 1.29 is 9.53 Å². The zero-order valence-electron chi connectivity index (χ0n) is 9.59. The standard InChI is InChI=1S/C12H16N2O2/c1-3-16-12(15)9-10(2)13-14-11-7-5-4-6-8-11/h4-8,10H,3,9H2,1-2H3. The largest absolute Gasteiger partial charge is 0.466 e. The lowest BCUT2D eigenvalue weighted by Gasteiger charge is -2.04. The molecule has 0 heterocycles. The second kappa shape index (κ2) is 6.71. The van der Waals surface area contributed by atoms with Gasteiger partial charge in [-0.1, -0.05) is 18.2 Å². The van der Waals surface area contributed by atoms with Gasteiger partial charge in [-0.15, -0.1) is 0 Å². The van der Waals surface area contributed by atoms with E-state index in [1.54, 1.807) is 6.92 Å². The molecule has 1 rings (SSSR count). The first-order valence-corrected chi connectivity index (χ1v) is 5.34. The molecule has 1 aromatic rings. The van der Waals surface area contributed by atoms with Crippen LogP contribution in [0.25, 0.3) is 0 Å².